The maximum Gasteiger partial charge on any atom is 0.294 e. The van der Waals surface area contributed by atoms with Gasteiger partial charge in [-0.3, -0.25) is 9.69 Å². The van der Waals surface area contributed by atoms with Crippen molar-refractivity contribution in [3.63, 3.8) is 0 Å². The second-order valence-electron chi connectivity index (χ2n) is 6.11. The van der Waals surface area contributed by atoms with E-state index in [9.17, 15) is 9.90 Å². The van der Waals surface area contributed by atoms with Crippen molar-refractivity contribution in [1.29, 1.82) is 0 Å². The molecule has 1 aromatic rings. The molecule has 2 rings (SSSR count). The summed E-state index contributed by atoms with van der Waals surface area (Å²) in [6.45, 7) is 6.43. The van der Waals surface area contributed by atoms with Crippen LogP contribution in [0.4, 0.5) is 0 Å². The first-order chi connectivity index (χ1) is 10.6. The van der Waals surface area contributed by atoms with Gasteiger partial charge in [0.1, 0.15) is 0 Å². The third kappa shape index (κ3) is 4.53. The van der Waals surface area contributed by atoms with Gasteiger partial charge in [-0.25, -0.2) is 0 Å². The predicted octanol–water partition coefficient (Wildman–Crippen LogP) is 1.97. The van der Waals surface area contributed by atoms with E-state index >= 15 is 0 Å². The molecule has 0 radical (unpaired) electrons. The average molecular weight is 307 g/mol. The first kappa shape index (κ1) is 16.9. The van der Waals surface area contributed by atoms with Crippen LogP contribution in [0.5, 0.6) is 0 Å². The minimum absolute atomic E-state index is 0.147. The molecule has 1 heterocycles. The molecule has 1 aliphatic heterocycles. The molecule has 3 atom stereocenters. The maximum atomic E-state index is 10.8. The molecule has 1 N–H and O–H groups in total. The number of hydrogen-bond donors (Lipinski definition) is 1. The minimum Gasteiger partial charge on any atom is -0.444 e. The fraction of sp³-hybridized carbons (Fsp3) is 0.588. The number of aliphatic hydroxyl groups excluding tert-OH is 1. The lowest BCUT2D eigenvalue weighted by atomic mass is 10.0. The van der Waals surface area contributed by atoms with Crippen LogP contribution in [0.2, 0.25) is 0 Å². The Morgan fingerprint density at radius 2 is 2.09 bits per heavy atom. The normalized spacial score (nSPS) is 24.2. The fourth-order valence-corrected chi connectivity index (χ4v) is 2.70. The highest BCUT2D eigenvalue weighted by Gasteiger charge is 2.33. The molecule has 122 valence electrons. The van der Waals surface area contributed by atoms with Gasteiger partial charge in [0.05, 0.1) is 12.2 Å². The number of hydrogen-bond acceptors (Lipinski definition) is 5. The molecule has 1 aromatic carbocycles. The van der Waals surface area contributed by atoms with Crippen LogP contribution >= 0.6 is 0 Å². The molecule has 1 aliphatic rings. The summed E-state index contributed by atoms with van der Waals surface area (Å²) in [5, 5.41) is 10.3. The Hall–Kier alpha value is -1.43. The first-order valence-electron chi connectivity index (χ1n) is 7.79. The summed E-state index contributed by atoms with van der Waals surface area (Å²) in [7, 11) is 0. The number of rotatable bonds is 7. The van der Waals surface area contributed by atoms with Gasteiger partial charge < -0.3 is 14.6 Å². The highest BCUT2D eigenvalue weighted by Crippen LogP contribution is 2.26. The van der Waals surface area contributed by atoms with Crippen LogP contribution in [0.25, 0.3) is 0 Å². The zero-order valence-electron chi connectivity index (χ0n) is 13.2. The van der Waals surface area contributed by atoms with Crippen LogP contribution in [-0.2, 0) is 14.3 Å². The number of aliphatic hydroxyl groups is 1. The van der Waals surface area contributed by atoms with Crippen molar-refractivity contribution < 1.29 is 19.4 Å². The maximum absolute atomic E-state index is 10.8. The fourth-order valence-electron chi connectivity index (χ4n) is 2.70. The van der Waals surface area contributed by atoms with Gasteiger partial charge in [-0.05, 0) is 12.3 Å². The number of carbonyl (C=O) groups is 1. The van der Waals surface area contributed by atoms with E-state index in [0.717, 1.165) is 12.0 Å². The molecule has 1 saturated heterocycles. The van der Waals surface area contributed by atoms with Gasteiger partial charge in [0.2, 0.25) is 0 Å². The summed E-state index contributed by atoms with van der Waals surface area (Å²) in [6, 6.07) is 9.57. The summed E-state index contributed by atoms with van der Waals surface area (Å²) >= 11 is 0. The smallest absolute Gasteiger partial charge is 0.294 e. The van der Waals surface area contributed by atoms with Gasteiger partial charge in [-0.2, -0.15) is 0 Å². The second kappa shape index (κ2) is 8.27. The molecular formula is C17H25NO4. The zero-order valence-corrected chi connectivity index (χ0v) is 13.2. The van der Waals surface area contributed by atoms with E-state index in [0.29, 0.717) is 32.1 Å². The molecule has 0 saturated carbocycles. The Morgan fingerprint density at radius 3 is 2.68 bits per heavy atom. The number of nitrogens with zero attached hydrogens (tertiary/aromatic N) is 1. The third-order valence-electron chi connectivity index (χ3n) is 3.80. The third-order valence-corrected chi connectivity index (χ3v) is 3.80. The number of ether oxygens (including phenoxy) is 2. The number of carbonyl (C=O) groups excluding carboxylic acids is 1. The van der Waals surface area contributed by atoms with Gasteiger partial charge in [-0.1, -0.05) is 44.2 Å². The highest BCUT2D eigenvalue weighted by molar-refractivity contribution is 5.38. The zero-order chi connectivity index (χ0) is 15.9. The molecule has 1 fully saturated rings. The van der Waals surface area contributed by atoms with Crippen LogP contribution in [0.3, 0.4) is 0 Å². The monoisotopic (exact) mass is 307 g/mol. The molecule has 0 amide bonds. The molecule has 0 aromatic heterocycles. The Bertz CT molecular complexity index is 451. The Kier molecular flexibility index (Phi) is 6.36. The van der Waals surface area contributed by atoms with E-state index in [-0.39, 0.29) is 6.10 Å². The van der Waals surface area contributed by atoms with Crippen molar-refractivity contribution in [2.45, 2.75) is 38.7 Å². The number of β-amino-alcohol motifs (C(OH)–C–C–N with tert-alkyl or cyclic N) is 1. The minimum atomic E-state index is -0.575. The van der Waals surface area contributed by atoms with Crippen molar-refractivity contribution >= 4 is 6.47 Å². The summed E-state index contributed by atoms with van der Waals surface area (Å²) in [4.78, 5) is 12.8. The Morgan fingerprint density at radius 1 is 1.36 bits per heavy atom. The van der Waals surface area contributed by atoms with Crippen molar-refractivity contribution in [1.82, 2.24) is 4.90 Å². The molecule has 3 unspecified atom stereocenters. The summed E-state index contributed by atoms with van der Waals surface area (Å²) in [5.74, 6) is 0.445. The van der Waals surface area contributed by atoms with Gasteiger partial charge in [-0.15, -0.1) is 0 Å². The van der Waals surface area contributed by atoms with Crippen LogP contribution in [0, 0.1) is 5.92 Å². The Balaban J connectivity index is 1.99. The standard InChI is InChI=1S/C17H25NO4/c1-13(2)11-21-16-8-9-18(10-15(16)20)17(22-12-19)14-6-4-3-5-7-14/h3-7,12-13,15-17,20H,8-11H2,1-2H3. The molecule has 5 nitrogen and oxygen atoms in total. The molecule has 5 heteroatoms. The largest absolute Gasteiger partial charge is 0.444 e. The van der Waals surface area contributed by atoms with E-state index in [1.54, 1.807) is 0 Å². The van der Waals surface area contributed by atoms with Crippen molar-refractivity contribution in [2.24, 2.45) is 5.92 Å². The molecule has 0 aliphatic carbocycles. The number of likely N-dealkylation sites (tertiary alicyclic amines) is 1. The molecule has 0 bridgehead atoms. The summed E-state index contributed by atoms with van der Waals surface area (Å²) in [5.41, 5.74) is 0.906. The van der Waals surface area contributed by atoms with Gasteiger partial charge in [0.15, 0.2) is 6.23 Å². The van der Waals surface area contributed by atoms with Crippen molar-refractivity contribution in [3.8, 4) is 0 Å². The SMILES string of the molecule is CC(C)COC1CCN(C(OC=O)c2ccccc2)CC1O. The topological polar surface area (TPSA) is 59.0 Å². The number of benzene rings is 1. The van der Waals surface area contributed by atoms with E-state index in [4.69, 9.17) is 9.47 Å². The van der Waals surface area contributed by atoms with Gasteiger partial charge in [0.25, 0.3) is 6.47 Å². The Labute approximate surface area is 131 Å². The van der Waals surface area contributed by atoms with Crippen LogP contribution in [0.1, 0.15) is 32.1 Å². The quantitative estimate of drug-likeness (QED) is 0.780. The van der Waals surface area contributed by atoms with Gasteiger partial charge >= 0.3 is 0 Å². The second-order valence-corrected chi connectivity index (χ2v) is 6.11. The van der Waals surface area contributed by atoms with E-state index in [1.807, 2.05) is 35.2 Å². The summed E-state index contributed by atoms with van der Waals surface area (Å²) < 4.78 is 11.0. The highest BCUT2D eigenvalue weighted by atomic mass is 16.5. The first-order valence-corrected chi connectivity index (χ1v) is 7.79. The van der Waals surface area contributed by atoms with Crippen LogP contribution in [-0.4, -0.2) is 48.4 Å². The molecule has 22 heavy (non-hydrogen) atoms. The lowest BCUT2D eigenvalue weighted by molar-refractivity contribution is -0.156. The lowest BCUT2D eigenvalue weighted by Crippen LogP contribution is -2.49. The molecule has 0 spiro atoms. The van der Waals surface area contributed by atoms with Crippen molar-refractivity contribution in [3.05, 3.63) is 35.9 Å². The van der Waals surface area contributed by atoms with E-state index in [2.05, 4.69) is 13.8 Å². The van der Waals surface area contributed by atoms with Gasteiger partial charge in [0, 0.05) is 25.3 Å². The van der Waals surface area contributed by atoms with Crippen LogP contribution in [0.15, 0.2) is 30.3 Å². The lowest BCUT2D eigenvalue weighted by Gasteiger charge is -2.39. The van der Waals surface area contributed by atoms with E-state index < -0.39 is 12.3 Å². The average Bonchev–Trinajstić information content (AvgIpc) is 2.52. The van der Waals surface area contributed by atoms with E-state index in [1.165, 1.54) is 0 Å². The number of piperidine rings is 1. The van der Waals surface area contributed by atoms with Crippen LogP contribution < -0.4 is 0 Å². The summed E-state index contributed by atoms with van der Waals surface area (Å²) in [6.07, 6.45) is -0.459. The predicted molar refractivity (Wildman–Crippen MR) is 83.1 cm³/mol. The van der Waals surface area contributed by atoms with Crippen molar-refractivity contribution in [2.75, 3.05) is 19.7 Å². The molecular weight excluding hydrogens is 282 g/mol.